The molecule has 2 N–H and O–H groups in total. The van der Waals surface area contributed by atoms with Gasteiger partial charge in [-0.3, -0.25) is 9.59 Å². The van der Waals surface area contributed by atoms with E-state index in [1.807, 2.05) is 18.2 Å². The van der Waals surface area contributed by atoms with Crippen LogP contribution in [0.2, 0.25) is 5.02 Å². The number of hydrogen-bond acceptors (Lipinski definition) is 2. The number of hydrogen-bond donors (Lipinski definition) is 2. The lowest BCUT2D eigenvalue weighted by atomic mass is 10.1. The van der Waals surface area contributed by atoms with Crippen molar-refractivity contribution in [2.45, 2.75) is 13.3 Å². The summed E-state index contributed by atoms with van der Waals surface area (Å²) in [6.45, 7) is 1.92. The van der Waals surface area contributed by atoms with Gasteiger partial charge in [0.2, 0.25) is 11.8 Å². The monoisotopic (exact) mass is 254 g/mol. The summed E-state index contributed by atoms with van der Waals surface area (Å²) in [5, 5.41) is 5.83. The minimum Gasteiger partial charge on any atom is -0.354 e. The van der Waals surface area contributed by atoms with E-state index in [1.54, 1.807) is 6.07 Å². The quantitative estimate of drug-likeness (QED) is 0.828. The second kappa shape index (κ2) is 6.91. The van der Waals surface area contributed by atoms with Gasteiger partial charge < -0.3 is 10.6 Å². The topological polar surface area (TPSA) is 58.2 Å². The molecule has 1 rings (SSSR count). The zero-order valence-corrected chi connectivity index (χ0v) is 10.4. The van der Waals surface area contributed by atoms with E-state index in [0.29, 0.717) is 18.0 Å². The molecule has 1 aromatic carbocycles. The molecule has 0 aliphatic carbocycles. The lowest BCUT2D eigenvalue weighted by Crippen LogP contribution is -2.36. The number of rotatable bonds is 5. The Bertz CT molecular complexity index is 407. The van der Waals surface area contributed by atoms with Crippen LogP contribution in [-0.4, -0.2) is 24.9 Å². The molecular weight excluding hydrogens is 240 g/mol. The van der Waals surface area contributed by atoms with Gasteiger partial charge >= 0.3 is 0 Å². The van der Waals surface area contributed by atoms with Crippen LogP contribution < -0.4 is 10.6 Å². The Morgan fingerprint density at radius 1 is 1.29 bits per heavy atom. The number of halogens is 1. The van der Waals surface area contributed by atoms with Crippen LogP contribution >= 0.6 is 11.6 Å². The van der Waals surface area contributed by atoms with Gasteiger partial charge in [0.25, 0.3) is 0 Å². The number of amides is 2. The Kier molecular flexibility index (Phi) is 5.49. The maximum atomic E-state index is 11.3. The Labute approximate surface area is 105 Å². The molecule has 0 saturated heterocycles. The first-order valence-corrected chi connectivity index (χ1v) is 5.71. The standard InChI is InChI=1S/C12H15ClN2O2/c1-9(16)15-8-12(17)14-6-5-10-3-2-4-11(13)7-10/h2-4,7H,5-6,8H2,1H3,(H,14,17)(H,15,16). The normalized spacial score (nSPS) is 9.76. The number of nitrogens with one attached hydrogen (secondary N) is 2. The molecule has 0 heterocycles. The van der Waals surface area contributed by atoms with Crippen LogP contribution in [-0.2, 0) is 16.0 Å². The van der Waals surface area contributed by atoms with E-state index >= 15 is 0 Å². The summed E-state index contributed by atoms with van der Waals surface area (Å²) < 4.78 is 0. The average Bonchev–Trinajstić information content (AvgIpc) is 2.26. The van der Waals surface area contributed by atoms with Crippen LogP contribution in [0.25, 0.3) is 0 Å². The number of benzene rings is 1. The Morgan fingerprint density at radius 3 is 2.71 bits per heavy atom. The van der Waals surface area contributed by atoms with Crippen molar-refractivity contribution in [3.8, 4) is 0 Å². The van der Waals surface area contributed by atoms with E-state index in [4.69, 9.17) is 11.6 Å². The molecule has 4 nitrogen and oxygen atoms in total. The summed E-state index contributed by atoms with van der Waals surface area (Å²) in [4.78, 5) is 21.8. The van der Waals surface area contributed by atoms with E-state index < -0.39 is 0 Å². The minimum absolute atomic E-state index is 0.0187. The predicted molar refractivity (Wildman–Crippen MR) is 66.8 cm³/mol. The molecule has 0 atom stereocenters. The highest BCUT2D eigenvalue weighted by Crippen LogP contribution is 2.10. The third-order valence-corrected chi connectivity index (χ3v) is 2.36. The average molecular weight is 255 g/mol. The fraction of sp³-hybridized carbons (Fsp3) is 0.333. The first-order valence-electron chi connectivity index (χ1n) is 5.33. The first-order chi connectivity index (χ1) is 8.08. The second-order valence-corrected chi connectivity index (χ2v) is 4.08. The highest BCUT2D eigenvalue weighted by Gasteiger charge is 2.01. The van der Waals surface area contributed by atoms with Crippen molar-refractivity contribution in [3.63, 3.8) is 0 Å². The third-order valence-electron chi connectivity index (χ3n) is 2.12. The molecule has 0 radical (unpaired) electrons. The maximum Gasteiger partial charge on any atom is 0.239 e. The summed E-state index contributed by atoms with van der Waals surface area (Å²) >= 11 is 5.84. The molecule has 0 aliphatic rings. The lowest BCUT2D eigenvalue weighted by molar-refractivity contribution is -0.125. The van der Waals surface area contributed by atoms with Crippen molar-refractivity contribution < 1.29 is 9.59 Å². The Balaban J connectivity index is 2.23. The summed E-state index contributed by atoms with van der Waals surface area (Å²) in [6, 6.07) is 7.49. The Hall–Kier alpha value is -1.55. The molecule has 1 aromatic rings. The van der Waals surface area contributed by atoms with Gasteiger partial charge in [0.15, 0.2) is 0 Å². The largest absolute Gasteiger partial charge is 0.354 e. The maximum absolute atomic E-state index is 11.3. The van der Waals surface area contributed by atoms with Gasteiger partial charge in [-0.15, -0.1) is 0 Å². The molecule has 0 unspecified atom stereocenters. The zero-order chi connectivity index (χ0) is 12.7. The lowest BCUT2D eigenvalue weighted by Gasteiger charge is -2.06. The highest BCUT2D eigenvalue weighted by atomic mass is 35.5. The molecular formula is C12H15ClN2O2. The van der Waals surface area contributed by atoms with Gasteiger partial charge in [0.1, 0.15) is 0 Å². The van der Waals surface area contributed by atoms with E-state index in [1.165, 1.54) is 6.92 Å². The van der Waals surface area contributed by atoms with Gasteiger partial charge in [0, 0.05) is 18.5 Å². The Morgan fingerprint density at radius 2 is 2.06 bits per heavy atom. The summed E-state index contributed by atoms with van der Waals surface area (Å²) in [5.74, 6) is -0.405. The third kappa shape index (κ3) is 5.92. The molecule has 0 bridgehead atoms. The SMILES string of the molecule is CC(=O)NCC(=O)NCCc1cccc(Cl)c1. The fourth-order valence-electron chi connectivity index (χ4n) is 1.31. The van der Waals surface area contributed by atoms with E-state index in [-0.39, 0.29) is 18.4 Å². The van der Waals surface area contributed by atoms with E-state index in [9.17, 15) is 9.59 Å². The first kappa shape index (κ1) is 13.5. The van der Waals surface area contributed by atoms with Crippen molar-refractivity contribution >= 4 is 23.4 Å². The highest BCUT2D eigenvalue weighted by molar-refractivity contribution is 6.30. The molecule has 0 saturated carbocycles. The smallest absolute Gasteiger partial charge is 0.239 e. The number of carbonyl (C=O) groups is 2. The van der Waals surface area contributed by atoms with Gasteiger partial charge in [-0.2, -0.15) is 0 Å². The van der Waals surface area contributed by atoms with Gasteiger partial charge in [-0.1, -0.05) is 23.7 Å². The fourth-order valence-corrected chi connectivity index (χ4v) is 1.52. The molecule has 0 aromatic heterocycles. The molecule has 0 fully saturated rings. The van der Waals surface area contributed by atoms with Crippen molar-refractivity contribution in [3.05, 3.63) is 34.9 Å². The molecule has 0 aliphatic heterocycles. The van der Waals surface area contributed by atoms with Crippen LogP contribution in [0.4, 0.5) is 0 Å². The predicted octanol–water partition coefficient (Wildman–Crippen LogP) is 1.13. The molecule has 2 amide bonds. The summed E-state index contributed by atoms with van der Waals surface area (Å²) in [5.41, 5.74) is 1.07. The van der Waals surface area contributed by atoms with Crippen LogP contribution in [0.15, 0.2) is 24.3 Å². The van der Waals surface area contributed by atoms with Crippen LogP contribution in [0.1, 0.15) is 12.5 Å². The van der Waals surface area contributed by atoms with Crippen LogP contribution in [0, 0.1) is 0 Å². The van der Waals surface area contributed by atoms with Gasteiger partial charge in [0.05, 0.1) is 6.54 Å². The summed E-state index contributed by atoms with van der Waals surface area (Å²) in [6.07, 6.45) is 0.715. The molecule has 0 spiro atoms. The second-order valence-electron chi connectivity index (χ2n) is 3.64. The van der Waals surface area contributed by atoms with E-state index in [0.717, 1.165) is 5.56 Å². The van der Waals surface area contributed by atoms with Gasteiger partial charge in [-0.05, 0) is 24.1 Å². The minimum atomic E-state index is -0.213. The van der Waals surface area contributed by atoms with Gasteiger partial charge in [-0.25, -0.2) is 0 Å². The molecule has 5 heteroatoms. The van der Waals surface area contributed by atoms with Crippen molar-refractivity contribution in [2.24, 2.45) is 0 Å². The summed E-state index contributed by atoms with van der Waals surface area (Å²) in [7, 11) is 0. The van der Waals surface area contributed by atoms with E-state index in [2.05, 4.69) is 10.6 Å². The van der Waals surface area contributed by atoms with Crippen molar-refractivity contribution in [1.29, 1.82) is 0 Å². The van der Waals surface area contributed by atoms with Crippen LogP contribution in [0.3, 0.4) is 0 Å². The zero-order valence-electron chi connectivity index (χ0n) is 9.63. The van der Waals surface area contributed by atoms with Crippen LogP contribution in [0.5, 0.6) is 0 Å². The van der Waals surface area contributed by atoms with Crippen molar-refractivity contribution in [1.82, 2.24) is 10.6 Å². The molecule has 17 heavy (non-hydrogen) atoms. The van der Waals surface area contributed by atoms with Crippen molar-refractivity contribution in [2.75, 3.05) is 13.1 Å². The number of carbonyl (C=O) groups excluding carboxylic acids is 2. The molecule has 92 valence electrons.